The first kappa shape index (κ1) is 19.2. The Morgan fingerprint density at radius 3 is 2.39 bits per heavy atom. The summed E-state index contributed by atoms with van der Waals surface area (Å²) in [6.07, 6.45) is 6.73. The maximum absolute atomic E-state index is 12.6. The zero-order valence-corrected chi connectivity index (χ0v) is 16.7. The van der Waals surface area contributed by atoms with Gasteiger partial charge in [0.05, 0.1) is 13.2 Å². The summed E-state index contributed by atoms with van der Waals surface area (Å²) >= 11 is 0. The van der Waals surface area contributed by atoms with Crippen LogP contribution < -0.4 is 0 Å². The van der Waals surface area contributed by atoms with Crippen molar-refractivity contribution in [1.82, 2.24) is 19.4 Å². The second-order valence-corrected chi connectivity index (χ2v) is 8.01. The molecule has 2 fully saturated rings. The second kappa shape index (κ2) is 8.88. The fourth-order valence-electron chi connectivity index (χ4n) is 4.18. The molecule has 4 rings (SSSR count). The van der Waals surface area contributed by atoms with Crippen molar-refractivity contribution in [2.24, 2.45) is 13.0 Å². The van der Waals surface area contributed by atoms with Gasteiger partial charge in [0, 0.05) is 52.2 Å². The molecule has 0 atom stereocenters. The van der Waals surface area contributed by atoms with Crippen LogP contribution in [0.4, 0.5) is 0 Å². The van der Waals surface area contributed by atoms with Gasteiger partial charge in [-0.3, -0.25) is 9.69 Å². The van der Waals surface area contributed by atoms with Crippen LogP contribution >= 0.6 is 0 Å². The van der Waals surface area contributed by atoms with Crippen LogP contribution in [0.2, 0.25) is 0 Å². The van der Waals surface area contributed by atoms with Crippen LogP contribution in [-0.4, -0.2) is 64.7 Å². The average molecular weight is 383 g/mol. The SMILES string of the molecule is Cn1ccnc1C(=O)N1CCC(Cc2ccc(CN3CCOCC3)cc2)CC1. The van der Waals surface area contributed by atoms with Crippen molar-refractivity contribution in [2.45, 2.75) is 25.8 Å². The highest BCUT2D eigenvalue weighted by Gasteiger charge is 2.25. The molecule has 0 saturated carbocycles. The van der Waals surface area contributed by atoms with E-state index < -0.39 is 0 Å². The third kappa shape index (κ3) is 4.62. The Kier molecular flexibility index (Phi) is 6.07. The number of nitrogens with zero attached hydrogens (tertiary/aromatic N) is 4. The minimum Gasteiger partial charge on any atom is -0.379 e. The monoisotopic (exact) mass is 382 g/mol. The van der Waals surface area contributed by atoms with E-state index in [1.165, 1.54) is 11.1 Å². The number of carbonyl (C=O) groups is 1. The quantitative estimate of drug-likeness (QED) is 0.797. The van der Waals surface area contributed by atoms with Crippen LogP contribution in [0.25, 0.3) is 0 Å². The number of aromatic nitrogens is 2. The normalized spacial score (nSPS) is 19.1. The molecular formula is C22H30N4O2. The number of aryl methyl sites for hydroxylation is 1. The summed E-state index contributed by atoms with van der Waals surface area (Å²) in [4.78, 5) is 21.2. The Hall–Kier alpha value is -2.18. The van der Waals surface area contributed by atoms with E-state index in [2.05, 4.69) is 34.1 Å². The van der Waals surface area contributed by atoms with Gasteiger partial charge in [0.1, 0.15) is 0 Å². The lowest BCUT2D eigenvalue weighted by Crippen LogP contribution is -2.39. The van der Waals surface area contributed by atoms with Gasteiger partial charge in [-0.2, -0.15) is 0 Å². The number of hydrogen-bond donors (Lipinski definition) is 0. The smallest absolute Gasteiger partial charge is 0.289 e. The third-order valence-corrected chi connectivity index (χ3v) is 5.97. The molecule has 1 aromatic carbocycles. The van der Waals surface area contributed by atoms with Crippen molar-refractivity contribution < 1.29 is 9.53 Å². The molecule has 0 unspecified atom stereocenters. The van der Waals surface area contributed by atoms with Gasteiger partial charge in [-0.1, -0.05) is 24.3 Å². The molecule has 6 heteroatoms. The largest absolute Gasteiger partial charge is 0.379 e. The van der Waals surface area contributed by atoms with Crippen molar-refractivity contribution in [3.63, 3.8) is 0 Å². The zero-order chi connectivity index (χ0) is 19.3. The third-order valence-electron chi connectivity index (χ3n) is 5.97. The summed E-state index contributed by atoms with van der Waals surface area (Å²) in [6, 6.07) is 9.09. The Labute approximate surface area is 167 Å². The Morgan fingerprint density at radius 2 is 1.75 bits per heavy atom. The van der Waals surface area contributed by atoms with Gasteiger partial charge in [-0.05, 0) is 36.3 Å². The van der Waals surface area contributed by atoms with E-state index in [0.29, 0.717) is 11.7 Å². The van der Waals surface area contributed by atoms with Crippen molar-refractivity contribution in [2.75, 3.05) is 39.4 Å². The number of hydrogen-bond acceptors (Lipinski definition) is 4. The van der Waals surface area contributed by atoms with Gasteiger partial charge < -0.3 is 14.2 Å². The molecule has 1 aromatic heterocycles. The molecule has 28 heavy (non-hydrogen) atoms. The van der Waals surface area contributed by atoms with Crippen LogP contribution in [0.15, 0.2) is 36.7 Å². The molecule has 0 spiro atoms. The molecule has 2 aliphatic heterocycles. The molecule has 2 aliphatic rings. The van der Waals surface area contributed by atoms with E-state index in [1.807, 2.05) is 18.1 Å². The van der Waals surface area contributed by atoms with Crippen LogP contribution in [0.5, 0.6) is 0 Å². The number of ether oxygens (including phenoxy) is 1. The molecule has 0 radical (unpaired) electrons. The maximum Gasteiger partial charge on any atom is 0.289 e. The highest BCUT2D eigenvalue weighted by molar-refractivity contribution is 5.90. The number of piperidine rings is 1. The van der Waals surface area contributed by atoms with Crippen molar-refractivity contribution in [3.8, 4) is 0 Å². The molecule has 1 amide bonds. The minimum atomic E-state index is 0.0541. The molecular weight excluding hydrogens is 352 g/mol. The summed E-state index contributed by atoms with van der Waals surface area (Å²) in [6.45, 7) is 6.40. The van der Waals surface area contributed by atoms with Crippen LogP contribution in [0, 0.1) is 5.92 Å². The zero-order valence-electron chi connectivity index (χ0n) is 16.7. The Bertz CT molecular complexity index is 772. The van der Waals surface area contributed by atoms with E-state index >= 15 is 0 Å². The fraction of sp³-hybridized carbons (Fsp3) is 0.545. The van der Waals surface area contributed by atoms with E-state index in [1.54, 1.807) is 10.8 Å². The molecule has 3 heterocycles. The van der Waals surface area contributed by atoms with E-state index in [4.69, 9.17) is 4.74 Å². The Morgan fingerprint density at radius 1 is 1.07 bits per heavy atom. The highest BCUT2D eigenvalue weighted by atomic mass is 16.5. The standard InChI is InChI=1S/C22H30N4O2/c1-24-11-8-23-21(24)22(27)26-9-6-19(7-10-26)16-18-2-4-20(5-3-18)17-25-12-14-28-15-13-25/h2-5,8,11,19H,6-7,9-10,12-17H2,1H3. The first-order valence-corrected chi connectivity index (χ1v) is 10.3. The summed E-state index contributed by atoms with van der Waals surface area (Å²) in [5.74, 6) is 1.24. The number of carbonyl (C=O) groups excluding carboxylic acids is 1. The number of amides is 1. The minimum absolute atomic E-state index is 0.0541. The predicted molar refractivity (Wildman–Crippen MR) is 108 cm³/mol. The van der Waals surface area contributed by atoms with Crippen LogP contribution in [-0.2, 0) is 24.8 Å². The van der Waals surface area contributed by atoms with Crippen LogP contribution in [0.1, 0.15) is 34.6 Å². The van der Waals surface area contributed by atoms with Gasteiger partial charge in [-0.15, -0.1) is 0 Å². The molecule has 6 nitrogen and oxygen atoms in total. The Balaban J connectivity index is 1.25. The van der Waals surface area contributed by atoms with Gasteiger partial charge >= 0.3 is 0 Å². The van der Waals surface area contributed by atoms with Gasteiger partial charge in [0.2, 0.25) is 0 Å². The number of imidazole rings is 1. The molecule has 2 saturated heterocycles. The first-order chi connectivity index (χ1) is 13.7. The maximum atomic E-state index is 12.6. The number of rotatable bonds is 5. The molecule has 2 aromatic rings. The number of benzene rings is 1. The predicted octanol–water partition coefficient (Wildman–Crippen LogP) is 2.35. The highest BCUT2D eigenvalue weighted by Crippen LogP contribution is 2.23. The molecule has 0 N–H and O–H groups in total. The van der Waals surface area contributed by atoms with Gasteiger partial charge in [-0.25, -0.2) is 4.98 Å². The average Bonchev–Trinajstić information content (AvgIpc) is 3.16. The molecule has 0 aliphatic carbocycles. The van der Waals surface area contributed by atoms with E-state index in [9.17, 15) is 4.79 Å². The summed E-state index contributed by atoms with van der Waals surface area (Å²) in [5.41, 5.74) is 2.78. The topological polar surface area (TPSA) is 50.6 Å². The lowest BCUT2D eigenvalue weighted by molar-refractivity contribution is 0.0342. The lowest BCUT2D eigenvalue weighted by atomic mass is 9.90. The van der Waals surface area contributed by atoms with Crippen LogP contribution in [0.3, 0.4) is 0 Å². The van der Waals surface area contributed by atoms with Crippen molar-refractivity contribution >= 4 is 5.91 Å². The molecule has 0 bridgehead atoms. The first-order valence-electron chi connectivity index (χ1n) is 10.3. The fourth-order valence-corrected chi connectivity index (χ4v) is 4.18. The van der Waals surface area contributed by atoms with Crippen molar-refractivity contribution in [3.05, 3.63) is 53.6 Å². The number of likely N-dealkylation sites (tertiary alicyclic amines) is 1. The van der Waals surface area contributed by atoms with E-state index in [0.717, 1.165) is 65.2 Å². The van der Waals surface area contributed by atoms with Crippen molar-refractivity contribution in [1.29, 1.82) is 0 Å². The number of morpholine rings is 1. The second-order valence-electron chi connectivity index (χ2n) is 8.01. The lowest BCUT2D eigenvalue weighted by Gasteiger charge is -2.32. The summed E-state index contributed by atoms with van der Waals surface area (Å²) < 4.78 is 7.22. The van der Waals surface area contributed by atoms with Gasteiger partial charge in [0.15, 0.2) is 5.82 Å². The summed E-state index contributed by atoms with van der Waals surface area (Å²) in [7, 11) is 1.87. The summed E-state index contributed by atoms with van der Waals surface area (Å²) in [5, 5.41) is 0. The van der Waals surface area contributed by atoms with Gasteiger partial charge in [0.25, 0.3) is 5.91 Å². The molecule has 150 valence electrons. The van der Waals surface area contributed by atoms with E-state index in [-0.39, 0.29) is 5.91 Å².